The van der Waals surface area contributed by atoms with Gasteiger partial charge < -0.3 is 4.90 Å². The van der Waals surface area contributed by atoms with Crippen LogP contribution >= 0.6 is 22.9 Å². The lowest BCUT2D eigenvalue weighted by Gasteiger charge is -2.35. The van der Waals surface area contributed by atoms with Crippen LogP contribution in [0.15, 0.2) is 16.3 Å². The number of amides is 1. The van der Waals surface area contributed by atoms with Crippen LogP contribution in [-0.4, -0.2) is 37.9 Å². The second-order valence-corrected chi connectivity index (χ2v) is 8.93. The van der Waals surface area contributed by atoms with E-state index in [2.05, 4.69) is 4.72 Å². The van der Waals surface area contributed by atoms with Crippen molar-refractivity contribution in [2.45, 2.75) is 49.4 Å². The van der Waals surface area contributed by atoms with E-state index in [1.165, 1.54) is 12.1 Å². The Balaban J connectivity index is 2.06. The van der Waals surface area contributed by atoms with Crippen molar-refractivity contribution >= 4 is 38.9 Å². The van der Waals surface area contributed by atoms with Crippen LogP contribution < -0.4 is 4.72 Å². The molecule has 2 atom stereocenters. The highest BCUT2D eigenvalue weighted by Crippen LogP contribution is 2.25. The highest BCUT2D eigenvalue weighted by molar-refractivity contribution is 7.91. The topological polar surface area (TPSA) is 66.5 Å². The maximum Gasteiger partial charge on any atom is 0.250 e. The summed E-state index contributed by atoms with van der Waals surface area (Å²) in [6.07, 6.45) is 3.04. The SMILES string of the molecule is CC(NS(=O)(=O)c1ccc(Cl)s1)C(=O)N1CCCCC1C. The van der Waals surface area contributed by atoms with E-state index >= 15 is 0 Å². The first-order chi connectivity index (χ1) is 9.81. The molecule has 5 nitrogen and oxygen atoms in total. The highest BCUT2D eigenvalue weighted by atomic mass is 35.5. The molecule has 21 heavy (non-hydrogen) atoms. The predicted molar refractivity (Wildman–Crippen MR) is 84.1 cm³/mol. The molecule has 118 valence electrons. The summed E-state index contributed by atoms with van der Waals surface area (Å²) in [7, 11) is -3.70. The summed E-state index contributed by atoms with van der Waals surface area (Å²) in [5.74, 6) is -0.173. The molecule has 0 aromatic carbocycles. The number of carbonyl (C=O) groups excluding carboxylic acids is 1. The van der Waals surface area contributed by atoms with E-state index in [0.29, 0.717) is 10.9 Å². The molecule has 1 amide bonds. The van der Waals surface area contributed by atoms with E-state index in [0.717, 1.165) is 30.6 Å². The number of thiophene rings is 1. The van der Waals surface area contributed by atoms with Gasteiger partial charge in [0.25, 0.3) is 10.0 Å². The minimum Gasteiger partial charge on any atom is -0.339 e. The lowest BCUT2D eigenvalue weighted by atomic mass is 10.0. The Morgan fingerprint density at radius 3 is 2.76 bits per heavy atom. The Morgan fingerprint density at radius 1 is 1.48 bits per heavy atom. The molecule has 1 saturated heterocycles. The number of rotatable bonds is 4. The number of piperidine rings is 1. The van der Waals surface area contributed by atoms with E-state index in [4.69, 9.17) is 11.6 Å². The lowest BCUT2D eigenvalue weighted by molar-refractivity contribution is -0.135. The molecule has 0 spiro atoms. The molecule has 2 heterocycles. The summed E-state index contributed by atoms with van der Waals surface area (Å²) in [6, 6.07) is 2.35. The van der Waals surface area contributed by atoms with Gasteiger partial charge in [-0.1, -0.05) is 11.6 Å². The molecule has 2 unspecified atom stereocenters. The van der Waals surface area contributed by atoms with Gasteiger partial charge in [0, 0.05) is 12.6 Å². The van der Waals surface area contributed by atoms with Crippen LogP contribution in [0.4, 0.5) is 0 Å². The maximum absolute atomic E-state index is 12.4. The van der Waals surface area contributed by atoms with Crippen LogP contribution in [0.2, 0.25) is 4.34 Å². The third kappa shape index (κ3) is 3.97. The minimum atomic E-state index is -3.70. The van der Waals surface area contributed by atoms with E-state index in [1.54, 1.807) is 11.8 Å². The second-order valence-electron chi connectivity index (χ2n) is 5.28. The average molecular weight is 351 g/mol. The van der Waals surface area contributed by atoms with E-state index in [1.807, 2.05) is 6.92 Å². The quantitative estimate of drug-likeness (QED) is 0.907. The first kappa shape index (κ1) is 16.7. The van der Waals surface area contributed by atoms with Crippen LogP contribution in [0, 0.1) is 0 Å². The van der Waals surface area contributed by atoms with Crippen molar-refractivity contribution in [2.24, 2.45) is 0 Å². The summed E-state index contributed by atoms with van der Waals surface area (Å²) in [5.41, 5.74) is 0. The lowest BCUT2D eigenvalue weighted by Crippen LogP contribution is -2.51. The number of nitrogens with zero attached hydrogens (tertiary/aromatic N) is 1. The molecule has 0 bridgehead atoms. The Hall–Kier alpha value is -0.630. The van der Waals surface area contributed by atoms with Crippen LogP contribution in [0.1, 0.15) is 33.1 Å². The molecule has 1 aromatic heterocycles. The molecule has 1 N–H and O–H groups in total. The monoisotopic (exact) mass is 350 g/mol. The van der Waals surface area contributed by atoms with E-state index in [-0.39, 0.29) is 16.2 Å². The molecule has 0 radical (unpaired) electrons. The number of carbonyl (C=O) groups is 1. The van der Waals surface area contributed by atoms with Crippen LogP contribution in [0.3, 0.4) is 0 Å². The third-order valence-corrected chi connectivity index (χ3v) is 6.87. The zero-order valence-corrected chi connectivity index (χ0v) is 14.4. The predicted octanol–water partition coefficient (Wildman–Crippen LogP) is 2.47. The molecular weight excluding hydrogens is 332 g/mol. The van der Waals surface area contributed by atoms with Gasteiger partial charge in [-0.3, -0.25) is 4.79 Å². The van der Waals surface area contributed by atoms with Crippen molar-refractivity contribution < 1.29 is 13.2 Å². The van der Waals surface area contributed by atoms with Gasteiger partial charge in [0.05, 0.1) is 10.4 Å². The fraction of sp³-hybridized carbons (Fsp3) is 0.615. The second kappa shape index (κ2) is 6.64. The molecule has 1 aromatic rings. The van der Waals surface area contributed by atoms with Crippen LogP contribution in [0.5, 0.6) is 0 Å². The van der Waals surface area contributed by atoms with Crippen molar-refractivity contribution in [3.8, 4) is 0 Å². The molecule has 1 fully saturated rings. The Bertz CT molecular complexity index is 615. The Morgan fingerprint density at radius 2 is 2.19 bits per heavy atom. The summed E-state index contributed by atoms with van der Waals surface area (Å²) in [5, 5.41) is 0. The first-order valence-electron chi connectivity index (χ1n) is 6.89. The van der Waals surface area contributed by atoms with Crippen molar-refractivity contribution in [2.75, 3.05) is 6.54 Å². The maximum atomic E-state index is 12.4. The number of hydrogen-bond acceptors (Lipinski definition) is 4. The van der Waals surface area contributed by atoms with E-state index < -0.39 is 16.1 Å². The molecular formula is C13H19ClN2O3S2. The summed E-state index contributed by atoms with van der Waals surface area (Å²) >= 11 is 6.73. The average Bonchev–Trinajstić information content (AvgIpc) is 2.85. The van der Waals surface area contributed by atoms with Gasteiger partial charge in [-0.05, 0) is 45.2 Å². The van der Waals surface area contributed by atoms with Gasteiger partial charge in [-0.15, -0.1) is 11.3 Å². The van der Waals surface area contributed by atoms with Crippen molar-refractivity contribution in [1.82, 2.24) is 9.62 Å². The largest absolute Gasteiger partial charge is 0.339 e. The van der Waals surface area contributed by atoms with Gasteiger partial charge in [0.2, 0.25) is 5.91 Å². The summed E-state index contributed by atoms with van der Waals surface area (Å²) < 4.78 is 27.4. The fourth-order valence-corrected chi connectivity index (χ4v) is 5.15. The molecule has 8 heteroatoms. The molecule has 1 aliphatic heterocycles. The Labute approximate surface area is 134 Å². The van der Waals surface area contributed by atoms with Crippen molar-refractivity contribution in [1.29, 1.82) is 0 Å². The van der Waals surface area contributed by atoms with Gasteiger partial charge in [-0.25, -0.2) is 8.42 Å². The summed E-state index contributed by atoms with van der Waals surface area (Å²) in [6.45, 7) is 4.27. The number of hydrogen-bond donors (Lipinski definition) is 1. The first-order valence-corrected chi connectivity index (χ1v) is 9.57. The number of sulfonamides is 1. The number of nitrogens with one attached hydrogen (secondary N) is 1. The molecule has 2 rings (SSSR count). The van der Waals surface area contributed by atoms with Gasteiger partial charge in [0.1, 0.15) is 4.21 Å². The normalized spacial score (nSPS) is 21.3. The van der Waals surface area contributed by atoms with Gasteiger partial charge in [-0.2, -0.15) is 4.72 Å². The fourth-order valence-electron chi connectivity index (χ4n) is 2.46. The standard InChI is InChI=1S/C13H19ClN2O3S2/c1-9-5-3-4-8-16(9)13(17)10(2)15-21(18,19)12-7-6-11(14)20-12/h6-7,9-10,15H,3-5,8H2,1-2H3. The summed E-state index contributed by atoms with van der Waals surface area (Å²) in [4.78, 5) is 14.2. The Kier molecular flexibility index (Phi) is 5.29. The number of likely N-dealkylation sites (tertiary alicyclic amines) is 1. The van der Waals surface area contributed by atoms with Crippen LogP contribution in [0.25, 0.3) is 0 Å². The van der Waals surface area contributed by atoms with E-state index in [9.17, 15) is 13.2 Å². The van der Waals surface area contributed by atoms with Crippen molar-refractivity contribution in [3.63, 3.8) is 0 Å². The molecule has 0 aliphatic carbocycles. The molecule has 0 saturated carbocycles. The zero-order chi connectivity index (χ0) is 15.6. The van der Waals surface area contributed by atoms with Gasteiger partial charge >= 0.3 is 0 Å². The highest BCUT2D eigenvalue weighted by Gasteiger charge is 2.30. The third-order valence-electron chi connectivity index (χ3n) is 3.60. The zero-order valence-electron chi connectivity index (χ0n) is 12.0. The van der Waals surface area contributed by atoms with Crippen molar-refractivity contribution in [3.05, 3.63) is 16.5 Å². The van der Waals surface area contributed by atoms with Crippen LogP contribution in [-0.2, 0) is 14.8 Å². The minimum absolute atomic E-state index is 0.124. The van der Waals surface area contributed by atoms with Gasteiger partial charge in [0.15, 0.2) is 0 Å². The molecule has 1 aliphatic rings. The number of halogens is 1. The smallest absolute Gasteiger partial charge is 0.250 e.